The molecule has 3 heterocycles. The smallest absolute Gasteiger partial charge is 0.245 e. The number of para-hydroxylation sites is 1. The Bertz CT molecular complexity index is 1660. The summed E-state index contributed by atoms with van der Waals surface area (Å²) >= 11 is 0. The van der Waals surface area contributed by atoms with E-state index >= 15 is 0 Å². The van der Waals surface area contributed by atoms with E-state index in [-0.39, 0.29) is 0 Å². The van der Waals surface area contributed by atoms with Crippen molar-refractivity contribution in [2.45, 2.75) is 37.6 Å². The van der Waals surface area contributed by atoms with E-state index in [4.69, 9.17) is 14.6 Å². The van der Waals surface area contributed by atoms with Crippen molar-refractivity contribution in [3.05, 3.63) is 66.4 Å². The van der Waals surface area contributed by atoms with E-state index in [1.165, 1.54) is 41.8 Å². The molecule has 1 saturated heterocycles. The van der Waals surface area contributed by atoms with Crippen LogP contribution in [0.2, 0.25) is 0 Å². The topological polar surface area (TPSA) is 101 Å². The van der Waals surface area contributed by atoms with Gasteiger partial charge >= 0.3 is 0 Å². The van der Waals surface area contributed by atoms with Crippen LogP contribution in [-0.2, 0) is 14.8 Å². The molecular formula is C31H38N6O4S. The van der Waals surface area contributed by atoms with Gasteiger partial charge < -0.3 is 14.8 Å². The first-order valence-corrected chi connectivity index (χ1v) is 16.3. The number of sulfonamides is 1. The third kappa shape index (κ3) is 5.81. The van der Waals surface area contributed by atoms with Crippen LogP contribution >= 0.6 is 0 Å². The average Bonchev–Trinajstić information content (AvgIpc) is 3.44. The zero-order chi connectivity index (χ0) is 29.3. The Hall–Kier alpha value is -3.67. The minimum atomic E-state index is -3.44. The molecule has 2 aromatic heterocycles. The molecule has 1 aliphatic heterocycles. The SMILES string of the molecule is COc1cc(C2CCC(N3CCOCC3)CC2)ccc1Nc1ncc2ccc(-c3ccccc3N(C)S(C)(=O)=O)n2n1. The molecule has 0 amide bonds. The second kappa shape index (κ2) is 11.9. The van der Waals surface area contributed by atoms with E-state index in [1.807, 2.05) is 36.4 Å². The molecule has 1 N–H and O–H groups in total. The molecule has 0 radical (unpaired) electrons. The minimum absolute atomic E-state index is 0.408. The largest absolute Gasteiger partial charge is 0.495 e. The average molecular weight is 591 g/mol. The minimum Gasteiger partial charge on any atom is -0.495 e. The molecule has 42 heavy (non-hydrogen) atoms. The summed E-state index contributed by atoms with van der Waals surface area (Å²) in [7, 11) is -0.204. The summed E-state index contributed by atoms with van der Waals surface area (Å²) < 4.78 is 39.0. The molecule has 2 aliphatic rings. The molecule has 1 aliphatic carbocycles. The molecule has 2 fully saturated rings. The maximum absolute atomic E-state index is 12.3. The Labute approximate surface area is 247 Å². The van der Waals surface area contributed by atoms with Crippen molar-refractivity contribution in [2.75, 3.05) is 56.3 Å². The van der Waals surface area contributed by atoms with Crippen molar-refractivity contribution in [2.24, 2.45) is 0 Å². The first kappa shape index (κ1) is 28.4. The fourth-order valence-corrected chi connectivity index (χ4v) is 6.73. The number of benzene rings is 2. The summed E-state index contributed by atoms with van der Waals surface area (Å²) in [5.41, 5.74) is 4.96. The third-order valence-corrected chi connectivity index (χ3v) is 9.81. The molecule has 222 valence electrons. The Morgan fingerprint density at radius 2 is 1.79 bits per heavy atom. The van der Waals surface area contributed by atoms with E-state index in [0.29, 0.717) is 23.6 Å². The van der Waals surface area contributed by atoms with Gasteiger partial charge in [-0.2, -0.15) is 0 Å². The normalized spacial score (nSPS) is 20.0. The fourth-order valence-electron chi connectivity index (χ4n) is 6.21. The monoisotopic (exact) mass is 590 g/mol. The highest BCUT2D eigenvalue weighted by molar-refractivity contribution is 7.92. The predicted octanol–water partition coefficient (Wildman–Crippen LogP) is 4.90. The van der Waals surface area contributed by atoms with Gasteiger partial charge in [-0.05, 0) is 67.5 Å². The Morgan fingerprint density at radius 3 is 2.52 bits per heavy atom. The maximum atomic E-state index is 12.3. The van der Waals surface area contributed by atoms with Gasteiger partial charge in [-0.15, -0.1) is 5.10 Å². The fraction of sp³-hybridized carbons (Fsp3) is 0.419. The number of hydrogen-bond acceptors (Lipinski definition) is 8. The summed E-state index contributed by atoms with van der Waals surface area (Å²) in [6, 6.07) is 18.3. The molecular weight excluding hydrogens is 552 g/mol. The lowest BCUT2D eigenvalue weighted by atomic mass is 9.81. The predicted molar refractivity (Wildman–Crippen MR) is 165 cm³/mol. The third-order valence-electron chi connectivity index (χ3n) is 8.62. The molecule has 0 spiro atoms. The van der Waals surface area contributed by atoms with Crippen molar-refractivity contribution in [3.8, 4) is 17.0 Å². The van der Waals surface area contributed by atoms with Crippen LogP contribution < -0.4 is 14.4 Å². The molecule has 0 atom stereocenters. The number of methoxy groups -OCH3 is 1. The summed E-state index contributed by atoms with van der Waals surface area (Å²) in [5.74, 6) is 1.68. The summed E-state index contributed by atoms with van der Waals surface area (Å²) in [5, 5.41) is 8.10. The van der Waals surface area contributed by atoms with E-state index in [2.05, 4.69) is 27.3 Å². The number of rotatable bonds is 8. The van der Waals surface area contributed by atoms with E-state index in [9.17, 15) is 8.42 Å². The standard InChI is InChI=1S/C31H38N6O4S/c1-35(42(3,38)39)28-7-5-4-6-26(28)29-15-13-25-21-32-31(34-37(25)29)33-27-14-10-23(20-30(27)40-2)22-8-11-24(12-9-22)36-16-18-41-19-17-36/h4-7,10,13-15,20-22,24H,8-9,11-12,16-19H2,1-3H3,(H,33,34). The lowest BCUT2D eigenvalue weighted by molar-refractivity contribution is 0.00729. The number of anilines is 3. The highest BCUT2D eigenvalue weighted by Crippen LogP contribution is 2.39. The highest BCUT2D eigenvalue weighted by Gasteiger charge is 2.28. The van der Waals surface area contributed by atoms with Crippen molar-refractivity contribution in [1.29, 1.82) is 0 Å². The maximum Gasteiger partial charge on any atom is 0.245 e. The highest BCUT2D eigenvalue weighted by atomic mass is 32.2. The lowest BCUT2D eigenvalue weighted by Crippen LogP contribution is -2.44. The van der Waals surface area contributed by atoms with Gasteiger partial charge in [0.15, 0.2) is 0 Å². The number of nitrogens with one attached hydrogen (secondary N) is 1. The quantitative estimate of drug-likeness (QED) is 0.309. The summed E-state index contributed by atoms with van der Waals surface area (Å²) in [6.07, 6.45) is 7.70. The van der Waals surface area contributed by atoms with Gasteiger partial charge in [-0.1, -0.05) is 24.3 Å². The molecule has 11 heteroatoms. The van der Waals surface area contributed by atoms with Crippen LogP contribution in [0.5, 0.6) is 5.75 Å². The van der Waals surface area contributed by atoms with Gasteiger partial charge in [-0.25, -0.2) is 17.9 Å². The second-order valence-corrected chi connectivity index (χ2v) is 13.1. The number of nitrogens with zero attached hydrogens (tertiary/aromatic N) is 5. The molecule has 1 saturated carbocycles. The van der Waals surface area contributed by atoms with Crippen LogP contribution in [0.25, 0.3) is 16.8 Å². The molecule has 0 unspecified atom stereocenters. The molecule has 2 aromatic carbocycles. The van der Waals surface area contributed by atoms with Crippen LogP contribution in [0, 0.1) is 0 Å². The Kier molecular flexibility index (Phi) is 8.06. The van der Waals surface area contributed by atoms with E-state index in [1.54, 1.807) is 30.9 Å². The van der Waals surface area contributed by atoms with Crippen molar-refractivity contribution < 1.29 is 17.9 Å². The first-order chi connectivity index (χ1) is 20.3. The number of ether oxygens (including phenoxy) is 2. The van der Waals surface area contributed by atoms with Crippen LogP contribution in [-0.4, -0.2) is 80.7 Å². The number of morpholine rings is 1. The lowest BCUT2D eigenvalue weighted by Gasteiger charge is -2.39. The van der Waals surface area contributed by atoms with Crippen LogP contribution in [0.3, 0.4) is 0 Å². The molecule has 6 rings (SSSR count). The van der Waals surface area contributed by atoms with Crippen LogP contribution in [0.15, 0.2) is 60.8 Å². The first-order valence-electron chi connectivity index (χ1n) is 14.5. The van der Waals surface area contributed by atoms with E-state index < -0.39 is 10.0 Å². The summed E-state index contributed by atoms with van der Waals surface area (Å²) in [4.78, 5) is 7.13. The Morgan fingerprint density at radius 1 is 1.02 bits per heavy atom. The van der Waals surface area contributed by atoms with E-state index in [0.717, 1.165) is 54.5 Å². The number of aromatic nitrogens is 3. The molecule has 10 nitrogen and oxygen atoms in total. The van der Waals surface area contributed by atoms with Gasteiger partial charge in [-0.3, -0.25) is 9.21 Å². The van der Waals surface area contributed by atoms with Crippen LogP contribution in [0.1, 0.15) is 37.2 Å². The van der Waals surface area contributed by atoms with Gasteiger partial charge in [0.05, 0.1) is 55.4 Å². The van der Waals surface area contributed by atoms with Gasteiger partial charge in [0.25, 0.3) is 0 Å². The zero-order valence-corrected chi connectivity index (χ0v) is 25.2. The van der Waals surface area contributed by atoms with Gasteiger partial charge in [0, 0.05) is 31.7 Å². The van der Waals surface area contributed by atoms with Crippen LogP contribution in [0.4, 0.5) is 17.3 Å². The van der Waals surface area contributed by atoms with Crippen molar-refractivity contribution in [1.82, 2.24) is 19.5 Å². The van der Waals surface area contributed by atoms with Gasteiger partial charge in [0.2, 0.25) is 16.0 Å². The van der Waals surface area contributed by atoms with Gasteiger partial charge in [0.1, 0.15) is 5.75 Å². The molecule has 0 bridgehead atoms. The summed E-state index contributed by atoms with van der Waals surface area (Å²) in [6.45, 7) is 3.79. The number of hydrogen-bond donors (Lipinski definition) is 1. The van der Waals surface area contributed by atoms with Crippen molar-refractivity contribution in [3.63, 3.8) is 0 Å². The zero-order valence-electron chi connectivity index (χ0n) is 24.4. The Balaban J connectivity index is 1.22. The molecule has 4 aromatic rings. The second-order valence-electron chi connectivity index (χ2n) is 11.1. The number of fused-ring (bicyclic) bond motifs is 1. The van der Waals surface area contributed by atoms with Crippen molar-refractivity contribution >= 4 is 32.9 Å².